The summed E-state index contributed by atoms with van der Waals surface area (Å²) in [5, 5.41) is 11.0. The summed E-state index contributed by atoms with van der Waals surface area (Å²) in [5.41, 5.74) is 0. The first kappa shape index (κ1) is 16.5. The molecule has 0 aliphatic heterocycles. The number of carboxylic acid groups (broad SMARTS) is 1. The fourth-order valence-electron chi connectivity index (χ4n) is 1.10. The molecule has 0 fully saturated rings. The van der Waals surface area contributed by atoms with Crippen molar-refractivity contribution in [3.05, 3.63) is 0 Å². The molecule has 1 amide bonds. The summed E-state index contributed by atoms with van der Waals surface area (Å²) in [4.78, 5) is 31.3. The van der Waals surface area contributed by atoms with Gasteiger partial charge in [-0.05, 0) is 6.42 Å². The van der Waals surface area contributed by atoms with Crippen LogP contribution in [0.25, 0.3) is 0 Å². The zero-order chi connectivity index (χ0) is 13.6. The van der Waals surface area contributed by atoms with Crippen molar-refractivity contribution in [2.75, 3.05) is 33.0 Å². The molecule has 0 heterocycles. The Bertz CT molecular complexity index is 256. The van der Waals surface area contributed by atoms with Crippen LogP contribution in [0.1, 0.15) is 19.3 Å². The Hall–Kier alpha value is -1.47. The lowest BCUT2D eigenvalue weighted by atomic mass is 10.2. The number of carboxylic acids is 1. The molecule has 104 valence electrons. The predicted octanol–water partition coefficient (Wildman–Crippen LogP) is -0.410. The SMILES string of the molecule is O=CCOCCOCCNC(=O)CCCC(=O)O. The van der Waals surface area contributed by atoms with Crippen molar-refractivity contribution < 1.29 is 29.0 Å². The summed E-state index contributed by atoms with van der Waals surface area (Å²) < 4.78 is 9.97. The second-order valence-electron chi connectivity index (χ2n) is 3.45. The van der Waals surface area contributed by atoms with E-state index < -0.39 is 5.97 Å². The van der Waals surface area contributed by atoms with Crippen LogP contribution in [0.3, 0.4) is 0 Å². The maximum atomic E-state index is 11.2. The van der Waals surface area contributed by atoms with Gasteiger partial charge in [0.2, 0.25) is 5.91 Å². The third-order valence-electron chi connectivity index (χ3n) is 1.92. The molecule has 0 atom stereocenters. The number of hydrogen-bond donors (Lipinski definition) is 2. The first-order valence-electron chi connectivity index (χ1n) is 5.74. The van der Waals surface area contributed by atoms with E-state index in [0.29, 0.717) is 39.1 Å². The lowest BCUT2D eigenvalue weighted by molar-refractivity contribution is -0.137. The summed E-state index contributed by atoms with van der Waals surface area (Å²) in [7, 11) is 0. The first-order valence-corrected chi connectivity index (χ1v) is 5.74. The quantitative estimate of drug-likeness (QED) is 0.366. The standard InChI is InChI=1S/C11H19NO6/c13-5-7-18-9-8-17-6-4-12-10(14)2-1-3-11(15)16/h5H,1-4,6-9H2,(H,12,14)(H,15,16). The average Bonchev–Trinajstić information content (AvgIpc) is 2.32. The molecule has 0 aliphatic rings. The minimum Gasteiger partial charge on any atom is -0.481 e. The average molecular weight is 261 g/mol. The number of amides is 1. The monoisotopic (exact) mass is 261 g/mol. The maximum Gasteiger partial charge on any atom is 0.303 e. The minimum absolute atomic E-state index is 0.00199. The van der Waals surface area contributed by atoms with E-state index in [1.165, 1.54) is 0 Å². The van der Waals surface area contributed by atoms with Gasteiger partial charge >= 0.3 is 5.97 Å². The van der Waals surface area contributed by atoms with E-state index in [1.54, 1.807) is 0 Å². The maximum absolute atomic E-state index is 11.2. The van der Waals surface area contributed by atoms with Gasteiger partial charge in [-0.25, -0.2) is 0 Å². The molecule has 2 N–H and O–H groups in total. The van der Waals surface area contributed by atoms with Gasteiger partial charge in [0.25, 0.3) is 0 Å². The Morgan fingerprint density at radius 2 is 1.83 bits per heavy atom. The van der Waals surface area contributed by atoms with E-state index in [0.717, 1.165) is 0 Å². The largest absolute Gasteiger partial charge is 0.481 e. The van der Waals surface area contributed by atoms with Gasteiger partial charge in [0.15, 0.2) is 0 Å². The Kier molecular flexibility index (Phi) is 11.0. The van der Waals surface area contributed by atoms with Crippen molar-refractivity contribution in [1.82, 2.24) is 5.32 Å². The van der Waals surface area contributed by atoms with E-state index in [2.05, 4.69) is 5.32 Å². The van der Waals surface area contributed by atoms with Crippen molar-refractivity contribution in [2.45, 2.75) is 19.3 Å². The minimum atomic E-state index is -0.901. The normalized spacial score (nSPS) is 10.0. The summed E-state index contributed by atoms with van der Waals surface area (Å²) in [5.74, 6) is -1.08. The highest BCUT2D eigenvalue weighted by molar-refractivity contribution is 5.76. The number of hydrogen-bond acceptors (Lipinski definition) is 5. The third-order valence-corrected chi connectivity index (χ3v) is 1.92. The Morgan fingerprint density at radius 3 is 2.50 bits per heavy atom. The third kappa shape index (κ3) is 12.6. The highest BCUT2D eigenvalue weighted by Gasteiger charge is 2.02. The second kappa shape index (κ2) is 12.0. The topological polar surface area (TPSA) is 102 Å². The molecule has 0 saturated carbocycles. The molecule has 7 heteroatoms. The van der Waals surface area contributed by atoms with Gasteiger partial charge in [0.05, 0.1) is 19.8 Å². The molecule has 7 nitrogen and oxygen atoms in total. The molecule has 0 unspecified atom stereocenters. The Balaban J connectivity index is 3.20. The van der Waals surface area contributed by atoms with Gasteiger partial charge in [-0.2, -0.15) is 0 Å². The van der Waals surface area contributed by atoms with Crippen LogP contribution in [0.2, 0.25) is 0 Å². The predicted molar refractivity (Wildman–Crippen MR) is 62.2 cm³/mol. The van der Waals surface area contributed by atoms with Crippen LogP contribution in [0.15, 0.2) is 0 Å². The molecule has 0 radical (unpaired) electrons. The molecule has 0 rings (SSSR count). The molecular formula is C11H19NO6. The molecule has 0 bridgehead atoms. The van der Waals surface area contributed by atoms with Crippen LogP contribution in [0, 0.1) is 0 Å². The fraction of sp³-hybridized carbons (Fsp3) is 0.727. The highest BCUT2D eigenvalue weighted by Crippen LogP contribution is 1.94. The lowest BCUT2D eigenvalue weighted by Gasteiger charge is -2.06. The number of aliphatic carboxylic acids is 1. The second-order valence-corrected chi connectivity index (χ2v) is 3.45. The zero-order valence-corrected chi connectivity index (χ0v) is 10.2. The van der Waals surface area contributed by atoms with Crippen molar-refractivity contribution in [3.63, 3.8) is 0 Å². The molecule has 0 aliphatic carbocycles. The Labute approximate surface area is 105 Å². The number of aldehydes is 1. The molecule has 0 aromatic rings. The number of nitrogens with one attached hydrogen (secondary N) is 1. The van der Waals surface area contributed by atoms with E-state index in [1.807, 2.05) is 0 Å². The molecule has 0 spiro atoms. The molecule has 18 heavy (non-hydrogen) atoms. The van der Waals surface area contributed by atoms with Crippen LogP contribution >= 0.6 is 0 Å². The molecular weight excluding hydrogens is 242 g/mol. The smallest absolute Gasteiger partial charge is 0.303 e. The van der Waals surface area contributed by atoms with Gasteiger partial charge in [-0.3, -0.25) is 9.59 Å². The van der Waals surface area contributed by atoms with Crippen LogP contribution in [-0.2, 0) is 23.9 Å². The van der Waals surface area contributed by atoms with E-state index in [4.69, 9.17) is 14.6 Å². The highest BCUT2D eigenvalue weighted by atomic mass is 16.5. The van der Waals surface area contributed by atoms with Gasteiger partial charge in [0.1, 0.15) is 12.9 Å². The van der Waals surface area contributed by atoms with Gasteiger partial charge in [0, 0.05) is 19.4 Å². The van der Waals surface area contributed by atoms with Crippen molar-refractivity contribution in [3.8, 4) is 0 Å². The van der Waals surface area contributed by atoms with E-state index in [-0.39, 0.29) is 25.4 Å². The summed E-state index contributed by atoms with van der Waals surface area (Å²) in [6, 6.07) is 0. The fourth-order valence-corrected chi connectivity index (χ4v) is 1.10. The summed E-state index contributed by atoms with van der Waals surface area (Å²) >= 11 is 0. The van der Waals surface area contributed by atoms with Gasteiger partial charge < -0.3 is 24.7 Å². The number of carbonyl (C=O) groups is 3. The number of ether oxygens (including phenoxy) is 2. The van der Waals surface area contributed by atoms with Gasteiger partial charge in [-0.1, -0.05) is 0 Å². The molecule has 0 aromatic heterocycles. The van der Waals surface area contributed by atoms with Crippen molar-refractivity contribution >= 4 is 18.2 Å². The zero-order valence-electron chi connectivity index (χ0n) is 10.2. The van der Waals surface area contributed by atoms with E-state index >= 15 is 0 Å². The molecule has 0 saturated heterocycles. The van der Waals surface area contributed by atoms with Gasteiger partial charge in [-0.15, -0.1) is 0 Å². The summed E-state index contributed by atoms with van der Waals surface area (Å²) in [6.07, 6.45) is 1.20. The lowest BCUT2D eigenvalue weighted by Crippen LogP contribution is -2.27. The summed E-state index contributed by atoms with van der Waals surface area (Å²) in [6.45, 7) is 1.49. The van der Waals surface area contributed by atoms with Crippen LogP contribution in [0.4, 0.5) is 0 Å². The first-order chi connectivity index (χ1) is 8.66. The van der Waals surface area contributed by atoms with Crippen LogP contribution in [0.5, 0.6) is 0 Å². The van der Waals surface area contributed by atoms with Crippen molar-refractivity contribution in [1.29, 1.82) is 0 Å². The number of carbonyl (C=O) groups excluding carboxylic acids is 2. The number of rotatable bonds is 12. The van der Waals surface area contributed by atoms with Crippen LogP contribution in [-0.4, -0.2) is 56.2 Å². The van der Waals surface area contributed by atoms with E-state index in [9.17, 15) is 14.4 Å². The van der Waals surface area contributed by atoms with Crippen LogP contribution < -0.4 is 5.32 Å². The Morgan fingerprint density at radius 1 is 1.11 bits per heavy atom. The van der Waals surface area contributed by atoms with Crippen molar-refractivity contribution in [2.24, 2.45) is 0 Å². The molecule has 0 aromatic carbocycles.